The Morgan fingerprint density at radius 1 is 1.11 bits per heavy atom. The molecule has 5 atom stereocenters. The van der Waals surface area contributed by atoms with Crippen molar-refractivity contribution in [1.29, 1.82) is 0 Å². The minimum Gasteiger partial charge on any atom is -0.488 e. The lowest BCUT2D eigenvalue weighted by Gasteiger charge is -2.45. The number of amides is 1. The molecule has 2 aromatic carbocycles. The average Bonchev–Trinajstić information content (AvgIpc) is 3.20. The van der Waals surface area contributed by atoms with E-state index in [1.54, 1.807) is 15.5 Å². The van der Waals surface area contributed by atoms with Gasteiger partial charge in [-0.2, -0.15) is 4.98 Å². The second-order valence-corrected chi connectivity index (χ2v) is 13.4. The number of likely N-dealkylation sites (tertiary alicyclic amines) is 1. The van der Waals surface area contributed by atoms with E-state index in [4.69, 9.17) is 16.3 Å². The zero-order chi connectivity index (χ0) is 31.7. The molecule has 0 N–H and O–H groups in total. The lowest BCUT2D eigenvalue weighted by Crippen LogP contribution is -2.58. The molecule has 1 amide bonds. The Labute approximate surface area is 265 Å². The summed E-state index contributed by atoms with van der Waals surface area (Å²) in [5, 5.41) is 0.804. The Morgan fingerprint density at radius 3 is 2.53 bits per heavy atom. The van der Waals surface area contributed by atoms with Crippen molar-refractivity contribution >= 4 is 34.2 Å². The third kappa shape index (κ3) is 4.99. The van der Waals surface area contributed by atoms with E-state index in [1.807, 2.05) is 18.7 Å². The largest absolute Gasteiger partial charge is 0.488 e. The fourth-order valence-electron chi connectivity index (χ4n) is 7.85. The molecule has 238 valence electrons. The summed E-state index contributed by atoms with van der Waals surface area (Å²) in [6.07, 6.45) is 3.64. The lowest BCUT2D eigenvalue weighted by molar-refractivity contribution is -0.128. The van der Waals surface area contributed by atoms with Gasteiger partial charge in [-0.3, -0.25) is 19.2 Å². The van der Waals surface area contributed by atoms with Crippen LogP contribution in [0.5, 0.6) is 5.75 Å². The summed E-state index contributed by atoms with van der Waals surface area (Å²) in [5.74, 6) is -0.919. The number of carbonyl (C=O) groups is 1. The number of fused-ring (bicyclic) bond motifs is 2. The van der Waals surface area contributed by atoms with Crippen LogP contribution in [-0.4, -0.2) is 101 Å². The Bertz CT molecular complexity index is 1750. The van der Waals surface area contributed by atoms with Crippen molar-refractivity contribution in [2.45, 2.75) is 56.9 Å². The van der Waals surface area contributed by atoms with Gasteiger partial charge in [-0.15, -0.1) is 0 Å². The summed E-state index contributed by atoms with van der Waals surface area (Å²) < 4.78 is 37.3. The van der Waals surface area contributed by atoms with E-state index < -0.39 is 17.3 Å². The molecule has 1 aromatic heterocycles. The molecule has 3 fully saturated rings. The number of halogens is 3. The van der Waals surface area contributed by atoms with E-state index in [0.717, 1.165) is 32.0 Å². The number of rotatable bonds is 5. The van der Waals surface area contributed by atoms with Crippen molar-refractivity contribution in [3.8, 4) is 16.9 Å². The number of aromatic nitrogens is 2. The van der Waals surface area contributed by atoms with Crippen LogP contribution in [0, 0.1) is 11.6 Å². The van der Waals surface area contributed by atoms with E-state index in [2.05, 4.69) is 28.4 Å². The van der Waals surface area contributed by atoms with Crippen molar-refractivity contribution in [3.63, 3.8) is 0 Å². The molecular formula is C33H37ClF2N6O3. The quantitative estimate of drug-likeness (QED) is 0.386. The highest BCUT2D eigenvalue weighted by Crippen LogP contribution is 2.47. The first-order valence-electron chi connectivity index (χ1n) is 15.6. The molecule has 0 unspecified atom stereocenters. The van der Waals surface area contributed by atoms with Crippen LogP contribution in [0.3, 0.4) is 0 Å². The monoisotopic (exact) mass is 638 g/mol. The molecule has 45 heavy (non-hydrogen) atoms. The van der Waals surface area contributed by atoms with Gasteiger partial charge in [0.2, 0.25) is 5.91 Å². The van der Waals surface area contributed by atoms with Gasteiger partial charge >= 0.3 is 5.69 Å². The third-order valence-corrected chi connectivity index (χ3v) is 10.5. The number of carbonyl (C=O) groups excluding carboxylic acids is 1. The van der Waals surface area contributed by atoms with Gasteiger partial charge in [0, 0.05) is 79.5 Å². The molecule has 9 nitrogen and oxygen atoms in total. The smallest absolute Gasteiger partial charge is 0.350 e. The maximum absolute atomic E-state index is 15.2. The van der Waals surface area contributed by atoms with E-state index in [0.29, 0.717) is 48.4 Å². The number of hydrogen-bond donors (Lipinski definition) is 0. The van der Waals surface area contributed by atoms with Crippen molar-refractivity contribution in [2.75, 3.05) is 51.3 Å². The SMILES string of the molecule is C=CC(=O)N1C[C@H](C)N(c2nc(=O)n3c4c(c(-c5ccc(F)cc5F)c(Cl)cc24)OC[C@@H]3CN2C[C@H]3CC[C@@H](C2)N3C)C[C@H]1C. The summed E-state index contributed by atoms with van der Waals surface area (Å²) in [5.41, 5.74) is 0.418. The van der Waals surface area contributed by atoms with Crippen molar-refractivity contribution in [3.05, 3.63) is 64.1 Å². The van der Waals surface area contributed by atoms with Gasteiger partial charge < -0.3 is 14.5 Å². The van der Waals surface area contributed by atoms with Crippen LogP contribution in [0.15, 0.2) is 41.7 Å². The second kappa shape index (κ2) is 11.4. The first-order chi connectivity index (χ1) is 21.5. The average molecular weight is 639 g/mol. The van der Waals surface area contributed by atoms with Gasteiger partial charge in [0.25, 0.3) is 0 Å². The summed E-state index contributed by atoms with van der Waals surface area (Å²) in [7, 11) is 2.19. The Kier molecular flexibility index (Phi) is 7.61. The lowest BCUT2D eigenvalue weighted by atomic mass is 9.99. The fraction of sp³-hybridized carbons (Fsp3) is 0.485. The highest BCUT2D eigenvalue weighted by molar-refractivity contribution is 6.35. The number of piperazine rings is 2. The number of nitrogens with zero attached hydrogens (tertiary/aromatic N) is 6. The molecule has 0 saturated carbocycles. The number of ether oxygens (including phenoxy) is 1. The van der Waals surface area contributed by atoms with Gasteiger partial charge in [0.15, 0.2) is 5.75 Å². The van der Waals surface area contributed by atoms with Gasteiger partial charge in [0.05, 0.1) is 16.6 Å². The van der Waals surface area contributed by atoms with Gasteiger partial charge in [-0.05, 0) is 58.0 Å². The highest BCUT2D eigenvalue weighted by atomic mass is 35.5. The molecular weight excluding hydrogens is 602 g/mol. The Hall–Kier alpha value is -3.54. The molecule has 4 aliphatic heterocycles. The first-order valence-corrected chi connectivity index (χ1v) is 15.9. The topological polar surface area (TPSA) is 74.1 Å². The van der Waals surface area contributed by atoms with Crippen LogP contribution in [0.4, 0.5) is 14.6 Å². The zero-order valence-electron chi connectivity index (χ0n) is 25.7. The molecule has 2 bridgehead atoms. The minimum absolute atomic E-state index is 0.0864. The molecule has 0 aliphatic carbocycles. The molecule has 12 heteroatoms. The summed E-state index contributed by atoms with van der Waals surface area (Å²) >= 11 is 6.90. The van der Waals surface area contributed by atoms with Gasteiger partial charge in [0.1, 0.15) is 24.1 Å². The standard InChI is InChI=1S/C33H37ClF2N6O3/c1-5-28(43)40-12-19(3)41(13-18(40)2)32-25-11-26(34)29(24-9-6-20(35)10-27(24)36)31-30(25)42(33(44)37-32)23(17-45-31)16-39-14-21-7-8-22(15-39)38(21)4/h5-6,9-11,18-19,21-23H,1,7-8,12-17H2,2-4H3/t18-,19+,21-,22+,23+/m1/s1. The predicted octanol–water partition coefficient (Wildman–Crippen LogP) is 4.32. The van der Waals surface area contributed by atoms with E-state index in [-0.39, 0.29) is 52.5 Å². The molecule has 3 aromatic rings. The normalized spacial score (nSPS) is 26.8. The van der Waals surface area contributed by atoms with Crippen LogP contribution in [0.2, 0.25) is 5.02 Å². The third-order valence-electron chi connectivity index (χ3n) is 10.2. The van der Waals surface area contributed by atoms with E-state index >= 15 is 4.39 Å². The number of likely N-dealkylation sites (N-methyl/N-ethyl adjacent to an activating group) is 1. The maximum Gasteiger partial charge on any atom is 0.350 e. The van der Waals surface area contributed by atoms with E-state index in [1.165, 1.54) is 18.2 Å². The molecule has 5 heterocycles. The molecule has 0 spiro atoms. The highest BCUT2D eigenvalue weighted by Gasteiger charge is 2.40. The molecule has 0 radical (unpaired) electrons. The van der Waals surface area contributed by atoms with Crippen molar-refractivity contribution < 1.29 is 18.3 Å². The Balaban J connectivity index is 1.38. The van der Waals surface area contributed by atoms with Crippen molar-refractivity contribution in [1.82, 2.24) is 24.3 Å². The molecule has 4 aliphatic rings. The van der Waals surface area contributed by atoms with Crippen LogP contribution in [-0.2, 0) is 4.79 Å². The summed E-state index contributed by atoms with van der Waals surface area (Å²) in [6.45, 7) is 11.0. The second-order valence-electron chi connectivity index (χ2n) is 12.9. The van der Waals surface area contributed by atoms with Crippen LogP contribution < -0.4 is 15.3 Å². The van der Waals surface area contributed by atoms with E-state index in [9.17, 15) is 14.0 Å². The van der Waals surface area contributed by atoms with Gasteiger partial charge in [-0.25, -0.2) is 13.6 Å². The predicted molar refractivity (Wildman–Crippen MR) is 170 cm³/mol. The van der Waals surface area contributed by atoms with Crippen LogP contribution in [0.1, 0.15) is 32.7 Å². The Morgan fingerprint density at radius 2 is 1.84 bits per heavy atom. The number of anilines is 1. The zero-order valence-corrected chi connectivity index (χ0v) is 26.4. The summed E-state index contributed by atoms with van der Waals surface area (Å²) in [6, 6.07) is 5.34. The maximum atomic E-state index is 15.2. The number of hydrogen-bond acceptors (Lipinski definition) is 7. The molecule has 7 rings (SSSR count). The summed E-state index contributed by atoms with van der Waals surface area (Å²) in [4.78, 5) is 40.0. The van der Waals surface area contributed by atoms with Gasteiger partial charge in [-0.1, -0.05) is 18.2 Å². The number of benzene rings is 2. The van der Waals surface area contributed by atoms with Crippen molar-refractivity contribution in [2.24, 2.45) is 0 Å². The van der Waals surface area contributed by atoms with Crippen LogP contribution >= 0.6 is 11.6 Å². The molecule has 3 saturated heterocycles. The minimum atomic E-state index is -0.778. The van der Waals surface area contributed by atoms with Crippen LogP contribution in [0.25, 0.3) is 22.0 Å². The fourth-order valence-corrected chi connectivity index (χ4v) is 8.15. The first kappa shape index (κ1) is 30.1.